The van der Waals surface area contributed by atoms with E-state index in [4.69, 9.17) is 10.8 Å². The molecule has 0 saturated heterocycles. The highest BCUT2D eigenvalue weighted by molar-refractivity contribution is 6.00. The van der Waals surface area contributed by atoms with E-state index >= 15 is 0 Å². The van der Waals surface area contributed by atoms with Crippen molar-refractivity contribution in [2.24, 2.45) is 0 Å². The maximum Gasteiger partial charge on any atom is 0.165 e. The molecule has 0 fully saturated rings. The van der Waals surface area contributed by atoms with Crippen molar-refractivity contribution in [1.82, 2.24) is 0 Å². The standard InChI is InChI=1S/C10H12FNO2/c11-7-3-4-8(9(12)6-7)10(14)2-1-5-13/h3-4,6,13H,1-2,5,12H2. The number of anilines is 1. The first kappa shape index (κ1) is 10.7. The lowest BCUT2D eigenvalue weighted by molar-refractivity contribution is 0.0972. The van der Waals surface area contributed by atoms with Crippen molar-refractivity contribution in [3.8, 4) is 0 Å². The van der Waals surface area contributed by atoms with E-state index in [0.717, 1.165) is 6.07 Å². The number of nitrogens with two attached hydrogens (primary N) is 1. The highest BCUT2D eigenvalue weighted by Gasteiger charge is 2.09. The van der Waals surface area contributed by atoms with Gasteiger partial charge in [-0.2, -0.15) is 0 Å². The zero-order valence-corrected chi connectivity index (χ0v) is 7.66. The number of aliphatic hydroxyl groups is 1. The third-order valence-corrected chi connectivity index (χ3v) is 1.88. The Morgan fingerprint density at radius 3 is 2.79 bits per heavy atom. The smallest absolute Gasteiger partial charge is 0.165 e. The van der Waals surface area contributed by atoms with Crippen LogP contribution in [0.3, 0.4) is 0 Å². The van der Waals surface area contributed by atoms with E-state index in [2.05, 4.69) is 0 Å². The molecule has 0 bridgehead atoms. The Hall–Kier alpha value is -1.42. The van der Waals surface area contributed by atoms with Gasteiger partial charge in [-0.15, -0.1) is 0 Å². The van der Waals surface area contributed by atoms with E-state index in [-0.39, 0.29) is 24.5 Å². The number of Topliss-reactive ketones (excluding diaryl/α,β-unsaturated/α-hetero) is 1. The van der Waals surface area contributed by atoms with Crippen LogP contribution in [0.4, 0.5) is 10.1 Å². The molecule has 0 amide bonds. The van der Waals surface area contributed by atoms with Crippen LogP contribution in [0.2, 0.25) is 0 Å². The third kappa shape index (κ3) is 2.53. The second-order valence-electron chi connectivity index (χ2n) is 2.98. The van der Waals surface area contributed by atoms with Crippen molar-refractivity contribution in [3.63, 3.8) is 0 Å². The van der Waals surface area contributed by atoms with Crippen LogP contribution < -0.4 is 5.73 Å². The average Bonchev–Trinajstić information content (AvgIpc) is 2.14. The molecule has 0 aromatic heterocycles. The minimum Gasteiger partial charge on any atom is -0.398 e. The summed E-state index contributed by atoms with van der Waals surface area (Å²) in [6.45, 7) is -0.0349. The molecule has 0 atom stereocenters. The fraction of sp³-hybridized carbons (Fsp3) is 0.300. The van der Waals surface area contributed by atoms with Crippen LogP contribution in [0.5, 0.6) is 0 Å². The van der Waals surface area contributed by atoms with Crippen molar-refractivity contribution >= 4 is 11.5 Å². The van der Waals surface area contributed by atoms with Crippen molar-refractivity contribution < 1.29 is 14.3 Å². The predicted molar refractivity (Wildman–Crippen MR) is 51.5 cm³/mol. The normalized spacial score (nSPS) is 10.1. The van der Waals surface area contributed by atoms with E-state index in [9.17, 15) is 9.18 Å². The summed E-state index contributed by atoms with van der Waals surface area (Å²) in [7, 11) is 0. The lowest BCUT2D eigenvalue weighted by atomic mass is 10.0. The number of hydrogen-bond donors (Lipinski definition) is 2. The zero-order chi connectivity index (χ0) is 10.6. The molecule has 1 rings (SSSR count). The van der Waals surface area contributed by atoms with E-state index in [1.165, 1.54) is 12.1 Å². The fourth-order valence-electron chi connectivity index (χ4n) is 1.16. The predicted octanol–water partition coefficient (Wildman–Crippen LogP) is 1.36. The van der Waals surface area contributed by atoms with Crippen LogP contribution in [0.25, 0.3) is 0 Å². The molecule has 0 aliphatic rings. The topological polar surface area (TPSA) is 63.3 Å². The minimum atomic E-state index is -0.457. The summed E-state index contributed by atoms with van der Waals surface area (Å²) in [6.07, 6.45) is 0.627. The van der Waals surface area contributed by atoms with Gasteiger partial charge in [0.25, 0.3) is 0 Å². The number of nitrogen functional groups attached to an aromatic ring is 1. The molecular weight excluding hydrogens is 185 g/mol. The Kier molecular flexibility index (Phi) is 3.59. The van der Waals surface area contributed by atoms with Gasteiger partial charge in [-0.25, -0.2) is 4.39 Å². The third-order valence-electron chi connectivity index (χ3n) is 1.88. The summed E-state index contributed by atoms with van der Waals surface area (Å²) in [5.74, 6) is -0.627. The number of aliphatic hydroxyl groups excluding tert-OH is 1. The molecule has 0 aliphatic heterocycles. The van der Waals surface area contributed by atoms with Crippen molar-refractivity contribution in [2.75, 3.05) is 12.3 Å². The first-order chi connectivity index (χ1) is 6.65. The molecule has 3 nitrogen and oxygen atoms in total. The van der Waals surface area contributed by atoms with Crippen molar-refractivity contribution in [3.05, 3.63) is 29.6 Å². The molecule has 1 aromatic carbocycles. The second-order valence-corrected chi connectivity index (χ2v) is 2.98. The Morgan fingerprint density at radius 2 is 2.21 bits per heavy atom. The molecule has 0 saturated carbocycles. The van der Waals surface area contributed by atoms with Crippen molar-refractivity contribution in [1.29, 1.82) is 0 Å². The van der Waals surface area contributed by atoms with E-state index in [1.54, 1.807) is 0 Å². The highest BCUT2D eigenvalue weighted by Crippen LogP contribution is 2.15. The van der Waals surface area contributed by atoms with Gasteiger partial charge in [0.15, 0.2) is 5.78 Å². The van der Waals surface area contributed by atoms with Gasteiger partial charge in [-0.1, -0.05) is 0 Å². The molecule has 0 radical (unpaired) electrons. The molecule has 76 valence electrons. The van der Waals surface area contributed by atoms with Gasteiger partial charge in [0.2, 0.25) is 0 Å². The molecule has 0 aliphatic carbocycles. The molecule has 0 unspecified atom stereocenters. The number of hydrogen-bond acceptors (Lipinski definition) is 3. The highest BCUT2D eigenvalue weighted by atomic mass is 19.1. The van der Waals surface area contributed by atoms with E-state index in [1.807, 2.05) is 0 Å². The number of ketones is 1. The number of benzene rings is 1. The van der Waals surface area contributed by atoms with E-state index < -0.39 is 5.82 Å². The fourth-order valence-corrected chi connectivity index (χ4v) is 1.16. The second kappa shape index (κ2) is 4.72. The largest absolute Gasteiger partial charge is 0.398 e. The first-order valence-corrected chi connectivity index (χ1v) is 4.34. The molecular formula is C10H12FNO2. The quantitative estimate of drug-likeness (QED) is 0.566. The molecule has 0 spiro atoms. The summed E-state index contributed by atoms with van der Waals surface area (Å²) in [4.78, 5) is 11.4. The van der Waals surface area contributed by atoms with Gasteiger partial charge < -0.3 is 10.8 Å². The van der Waals surface area contributed by atoms with Gasteiger partial charge >= 0.3 is 0 Å². The lowest BCUT2D eigenvalue weighted by Gasteiger charge is -2.03. The van der Waals surface area contributed by atoms with E-state index in [0.29, 0.717) is 12.0 Å². The Morgan fingerprint density at radius 1 is 1.50 bits per heavy atom. The summed E-state index contributed by atoms with van der Waals surface area (Å²) in [5.41, 5.74) is 5.94. The van der Waals surface area contributed by atoms with Crippen LogP contribution in [0.15, 0.2) is 18.2 Å². The van der Waals surface area contributed by atoms with Gasteiger partial charge in [0.05, 0.1) is 0 Å². The molecule has 3 N–H and O–H groups in total. The number of carbonyl (C=O) groups excluding carboxylic acids is 1. The minimum absolute atomic E-state index is 0.0349. The number of carbonyl (C=O) groups is 1. The average molecular weight is 197 g/mol. The number of rotatable bonds is 4. The molecule has 1 aromatic rings. The zero-order valence-electron chi connectivity index (χ0n) is 7.66. The van der Waals surface area contributed by atoms with Gasteiger partial charge in [-0.3, -0.25) is 4.79 Å². The molecule has 4 heteroatoms. The van der Waals surface area contributed by atoms with Gasteiger partial charge in [0, 0.05) is 24.3 Å². The van der Waals surface area contributed by atoms with Crippen LogP contribution >= 0.6 is 0 Å². The Labute approximate surface area is 81.4 Å². The lowest BCUT2D eigenvalue weighted by Crippen LogP contribution is -2.04. The van der Waals surface area contributed by atoms with Crippen molar-refractivity contribution in [2.45, 2.75) is 12.8 Å². The maximum absolute atomic E-state index is 12.6. The first-order valence-electron chi connectivity index (χ1n) is 4.34. The van der Waals surface area contributed by atoms with Crippen LogP contribution in [-0.4, -0.2) is 17.5 Å². The summed E-state index contributed by atoms with van der Waals surface area (Å²) in [5, 5.41) is 8.53. The summed E-state index contributed by atoms with van der Waals surface area (Å²) in [6, 6.07) is 3.68. The number of halogens is 1. The van der Waals surface area contributed by atoms with Crippen LogP contribution in [0, 0.1) is 5.82 Å². The SMILES string of the molecule is Nc1cc(F)ccc1C(=O)CCCO. The summed E-state index contributed by atoms with van der Waals surface area (Å²) < 4.78 is 12.6. The molecule has 0 heterocycles. The Balaban J connectivity index is 2.80. The van der Waals surface area contributed by atoms with Gasteiger partial charge in [0.1, 0.15) is 5.82 Å². The van der Waals surface area contributed by atoms with Crippen LogP contribution in [0.1, 0.15) is 23.2 Å². The summed E-state index contributed by atoms with van der Waals surface area (Å²) >= 11 is 0. The van der Waals surface area contributed by atoms with Gasteiger partial charge in [-0.05, 0) is 24.6 Å². The monoisotopic (exact) mass is 197 g/mol. The van der Waals surface area contributed by atoms with Crippen LogP contribution in [-0.2, 0) is 0 Å². The maximum atomic E-state index is 12.6. The Bertz CT molecular complexity index is 339. The molecule has 14 heavy (non-hydrogen) atoms.